The molecule has 10 heteroatoms. The zero-order valence-corrected chi connectivity index (χ0v) is 19.1. The van der Waals surface area contributed by atoms with Gasteiger partial charge in [0.2, 0.25) is 0 Å². The SMILES string of the molecule is COc1ccc2c(C(=O)N3[C@@H]4CCC[C@H]3c3nn(C)c(-c5cc(F)c(F)c(F)c5)c3C4)cnn2c1. The molecule has 0 radical (unpaired) electrons. The Kier molecular flexibility index (Phi) is 4.87. The maximum Gasteiger partial charge on any atom is 0.258 e. The minimum Gasteiger partial charge on any atom is -0.495 e. The molecule has 0 saturated carbocycles. The zero-order valence-electron chi connectivity index (χ0n) is 19.1. The van der Waals surface area contributed by atoms with Gasteiger partial charge >= 0.3 is 0 Å². The molecule has 1 amide bonds. The topological polar surface area (TPSA) is 64.7 Å². The van der Waals surface area contributed by atoms with Crippen molar-refractivity contribution < 1.29 is 22.7 Å². The predicted molar refractivity (Wildman–Crippen MR) is 121 cm³/mol. The summed E-state index contributed by atoms with van der Waals surface area (Å²) in [6, 6.07) is 5.22. The Morgan fingerprint density at radius 1 is 1.14 bits per heavy atom. The molecule has 6 rings (SSSR count). The largest absolute Gasteiger partial charge is 0.495 e. The third-order valence-electron chi connectivity index (χ3n) is 7.12. The van der Waals surface area contributed by atoms with Crippen molar-refractivity contribution in [1.82, 2.24) is 24.3 Å². The lowest BCUT2D eigenvalue weighted by Crippen LogP contribution is -2.49. The van der Waals surface area contributed by atoms with Crippen LogP contribution in [0.4, 0.5) is 13.2 Å². The van der Waals surface area contributed by atoms with Gasteiger partial charge in [-0.2, -0.15) is 10.2 Å². The normalized spacial score (nSPS) is 19.2. The number of piperidine rings is 1. The number of hydrogen-bond donors (Lipinski definition) is 0. The molecule has 180 valence electrons. The van der Waals surface area contributed by atoms with Crippen LogP contribution in [0.25, 0.3) is 16.8 Å². The predicted octanol–water partition coefficient (Wildman–Crippen LogP) is 4.45. The van der Waals surface area contributed by atoms with Crippen LogP contribution in [0.15, 0.2) is 36.7 Å². The molecular weight excluding hydrogens is 459 g/mol. The molecule has 35 heavy (non-hydrogen) atoms. The van der Waals surface area contributed by atoms with Gasteiger partial charge in [-0.25, -0.2) is 17.7 Å². The Hall–Kier alpha value is -3.82. The molecule has 1 fully saturated rings. The summed E-state index contributed by atoms with van der Waals surface area (Å²) in [5, 5.41) is 9.01. The number of rotatable bonds is 3. The Balaban J connectivity index is 1.42. The van der Waals surface area contributed by atoms with Crippen molar-refractivity contribution in [2.24, 2.45) is 7.05 Å². The molecule has 4 aromatic rings. The smallest absolute Gasteiger partial charge is 0.258 e. The Morgan fingerprint density at radius 2 is 1.91 bits per heavy atom. The van der Waals surface area contributed by atoms with Crippen molar-refractivity contribution in [1.29, 1.82) is 0 Å². The van der Waals surface area contributed by atoms with Crippen LogP contribution in [0, 0.1) is 17.5 Å². The van der Waals surface area contributed by atoms with Gasteiger partial charge in [-0.15, -0.1) is 0 Å². The number of aryl methyl sites for hydroxylation is 1. The Bertz CT molecular complexity index is 1470. The molecule has 0 aliphatic carbocycles. The molecule has 0 spiro atoms. The highest BCUT2D eigenvalue weighted by atomic mass is 19.2. The van der Waals surface area contributed by atoms with Crippen molar-refractivity contribution in [2.75, 3.05) is 7.11 Å². The number of benzene rings is 1. The molecular formula is C25H22F3N5O2. The van der Waals surface area contributed by atoms with Crippen LogP contribution in [0.3, 0.4) is 0 Å². The second-order valence-electron chi connectivity index (χ2n) is 9.06. The van der Waals surface area contributed by atoms with Gasteiger partial charge in [0.1, 0.15) is 5.75 Å². The van der Waals surface area contributed by atoms with Gasteiger partial charge in [0.25, 0.3) is 5.91 Å². The number of pyridine rings is 1. The molecule has 2 aliphatic rings. The van der Waals surface area contributed by atoms with Gasteiger partial charge in [0, 0.05) is 24.2 Å². The van der Waals surface area contributed by atoms with Gasteiger partial charge in [0.15, 0.2) is 17.5 Å². The second-order valence-corrected chi connectivity index (χ2v) is 9.06. The van der Waals surface area contributed by atoms with Crippen LogP contribution < -0.4 is 4.74 Å². The molecule has 2 aliphatic heterocycles. The van der Waals surface area contributed by atoms with E-state index in [4.69, 9.17) is 4.74 Å². The van der Waals surface area contributed by atoms with Crippen LogP contribution in [0.2, 0.25) is 0 Å². The molecule has 1 aromatic carbocycles. The lowest BCUT2D eigenvalue weighted by Gasteiger charge is -2.45. The van der Waals surface area contributed by atoms with E-state index in [1.807, 2.05) is 4.90 Å². The average Bonchev–Trinajstić information content (AvgIpc) is 3.41. The molecule has 7 nitrogen and oxygen atoms in total. The summed E-state index contributed by atoms with van der Waals surface area (Å²) in [5.74, 6) is -3.48. The second kappa shape index (κ2) is 7.86. The van der Waals surface area contributed by atoms with Gasteiger partial charge in [-0.1, -0.05) is 0 Å². The van der Waals surface area contributed by atoms with E-state index in [-0.39, 0.29) is 23.6 Å². The summed E-state index contributed by atoms with van der Waals surface area (Å²) in [4.78, 5) is 15.7. The third kappa shape index (κ3) is 3.23. The van der Waals surface area contributed by atoms with E-state index >= 15 is 0 Å². The van der Waals surface area contributed by atoms with Gasteiger partial charge in [-0.05, 0) is 49.9 Å². The van der Waals surface area contributed by atoms with E-state index in [1.54, 1.807) is 47.9 Å². The molecule has 0 N–H and O–H groups in total. The van der Waals surface area contributed by atoms with E-state index in [9.17, 15) is 18.0 Å². The number of fused-ring (bicyclic) bond motifs is 5. The van der Waals surface area contributed by atoms with Crippen molar-refractivity contribution >= 4 is 11.4 Å². The standard InChI is InChI=1S/C25H22F3N5O2/c1-31-24(13-8-18(26)22(28)19(27)9-13)16-10-14-4-3-5-21(23(16)30-31)33(14)25(34)17-11-29-32-12-15(35-2)6-7-20(17)32/h6-9,11-12,14,21H,3-5,10H2,1-2H3/t14-,21+/m1/s1. The number of carbonyl (C=O) groups is 1. The first-order valence-corrected chi connectivity index (χ1v) is 11.4. The van der Waals surface area contributed by atoms with Crippen LogP contribution in [-0.4, -0.2) is 43.4 Å². The minimum absolute atomic E-state index is 0.0972. The van der Waals surface area contributed by atoms with E-state index in [1.165, 1.54) is 0 Å². The van der Waals surface area contributed by atoms with E-state index in [0.29, 0.717) is 28.9 Å². The summed E-state index contributed by atoms with van der Waals surface area (Å²) < 4.78 is 50.0. The highest BCUT2D eigenvalue weighted by Gasteiger charge is 2.44. The highest BCUT2D eigenvalue weighted by molar-refractivity contribution is 6.01. The number of ether oxygens (including phenoxy) is 1. The average molecular weight is 481 g/mol. The number of carbonyl (C=O) groups excluding carboxylic acids is 1. The molecule has 2 bridgehead atoms. The van der Waals surface area contributed by atoms with Crippen molar-refractivity contribution in [3.05, 3.63) is 70.9 Å². The van der Waals surface area contributed by atoms with E-state index < -0.39 is 17.5 Å². The number of aromatic nitrogens is 4. The van der Waals surface area contributed by atoms with Gasteiger partial charge < -0.3 is 9.64 Å². The first-order chi connectivity index (χ1) is 16.9. The quantitative estimate of drug-likeness (QED) is 0.406. The lowest BCUT2D eigenvalue weighted by atomic mass is 9.81. The maximum absolute atomic E-state index is 14.0. The Labute approximate surface area is 198 Å². The fourth-order valence-electron chi connectivity index (χ4n) is 5.59. The summed E-state index contributed by atoms with van der Waals surface area (Å²) in [6.45, 7) is 0. The van der Waals surface area contributed by atoms with E-state index in [0.717, 1.165) is 42.7 Å². The molecule has 2 atom stereocenters. The minimum atomic E-state index is -1.50. The molecule has 0 unspecified atom stereocenters. The third-order valence-corrected chi connectivity index (χ3v) is 7.12. The van der Waals surface area contributed by atoms with Crippen LogP contribution in [-0.2, 0) is 13.5 Å². The first kappa shape index (κ1) is 21.7. The number of hydrogen-bond acceptors (Lipinski definition) is 4. The summed E-state index contributed by atoms with van der Waals surface area (Å²) in [7, 11) is 3.26. The fraction of sp³-hybridized carbons (Fsp3) is 0.320. The van der Waals surface area contributed by atoms with Crippen molar-refractivity contribution in [3.63, 3.8) is 0 Å². The number of nitrogens with zero attached hydrogens (tertiary/aromatic N) is 5. The number of amides is 1. The van der Waals surface area contributed by atoms with Crippen LogP contribution in [0.5, 0.6) is 5.75 Å². The highest BCUT2D eigenvalue weighted by Crippen LogP contribution is 2.45. The van der Waals surface area contributed by atoms with Crippen LogP contribution in [0.1, 0.15) is 46.9 Å². The van der Waals surface area contributed by atoms with Crippen molar-refractivity contribution in [3.8, 4) is 17.0 Å². The number of methoxy groups -OCH3 is 1. The molecule has 5 heterocycles. The lowest BCUT2D eigenvalue weighted by molar-refractivity contribution is 0.0394. The Morgan fingerprint density at radius 3 is 2.66 bits per heavy atom. The van der Waals surface area contributed by atoms with Gasteiger partial charge in [0.05, 0.1) is 48.0 Å². The first-order valence-electron chi connectivity index (χ1n) is 11.4. The summed E-state index contributed by atoms with van der Waals surface area (Å²) in [6.07, 6.45) is 6.24. The monoisotopic (exact) mass is 481 g/mol. The zero-order chi connectivity index (χ0) is 24.4. The van der Waals surface area contributed by atoms with Gasteiger partial charge in [-0.3, -0.25) is 9.48 Å². The molecule has 1 saturated heterocycles. The summed E-state index contributed by atoms with van der Waals surface area (Å²) >= 11 is 0. The van der Waals surface area contributed by atoms with Crippen molar-refractivity contribution in [2.45, 2.75) is 37.8 Å². The molecule has 3 aromatic heterocycles. The summed E-state index contributed by atoms with van der Waals surface area (Å²) in [5.41, 5.74) is 3.51. The number of halogens is 3. The maximum atomic E-state index is 14.0. The fourth-order valence-corrected chi connectivity index (χ4v) is 5.59. The van der Waals surface area contributed by atoms with E-state index in [2.05, 4.69) is 10.2 Å². The van der Waals surface area contributed by atoms with Crippen LogP contribution >= 0.6 is 0 Å².